The molecule has 0 spiro atoms. The number of hydrogen-bond acceptors (Lipinski definition) is 2. The molecule has 0 saturated carbocycles. The number of allylic oxidation sites excluding steroid dienone is 6. The van der Waals surface area contributed by atoms with Gasteiger partial charge in [-0.1, -0.05) is 42.5 Å². The van der Waals surface area contributed by atoms with Crippen molar-refractivity contribution >= 4 is 5.57 Å². The summed E-state index contributed by atoms with van der Waals surface area (Å²) >= 11 is 0. The second kappa shape index (κ2) is 6.15. The third-order valence-electron chi connectivity index (χ3n) is 3.80. The molecule has 0 amide bonds. The first-order valence-corrected chi connectivity index (χ1v) is 7.43. The van der Waals surface area contributed by atoms with Gasteiger partial charge in [-0.15, -0.1) is 0 Å². The van der Waals surface area contributed by atoms with Gasteiger partial charge in [0.05, 0.1) is 6.26 Å². The van der Waals surface area contributed by atoms with Crippen LogP contribution >= 0.6 is 0 Å². The van der Waals surface area contributed by atoms with Gasteiger partial charge in [0, 0.05) is 12.1 Å². The van der Waals surface area contributed by atoms with Gasteiger partial charge in [-0.05, 0) is 49.7 Å². The summed E-state index contributed by atoms with van der Waals surface area (Å²) in [4.78, 5) is 2.21. The molecule has 0 bridgehead atoms. The average molecular weight is 279 g/mol. The van der Waals surface area contributed by atoms with E-state index in [1.54, 1.807) is 0 Å². The molecule has 1 heterocycles. The second-order valence-corrected chi connectivity index (χ2v) is 5.68. The van der Waals surface area contributed by atoms with Crippen molar-refractivity contribution < 1.29 is 4.74 Å². The Hall–Kier alpha value is -2.06. The van der Waals surface area contributed by atoms with Crippen molar-refractivity contribution in [2.75, 3.05) is 20.6 Å². The fourth-order valence-electron chi connectivity index (χ4n) is 2.71. The van der Waals surface area contributed by atoms with Crippen molar-refractivity contribution in [2.24, 2.45) is 0 Å². The number of benzene rings is 1. The number of hydrogen-bond donors (Lipinski definition) is 0. The average Bonchev–Trinajstić information content (AvgIpc) is 2.65. The lowest BCUT2D eigenvalue weighted by Crippen LogP contribution is -2.12. The predicted octanol–water partition coefficient (Wildman–Crippen LogP) is 4.18. The Labute approximate surface area is 126 Å². The zero-order valence-corrected chi connectivity index (χ0v) is 12.7. The van der Waals surface area contributed by atoms with Gasteiger partial charge >= 0.3 is 0 Å². The molecule has 0 N–H and O–H groups in total. The van der Waals surface area contributed by atoms with Gasteiger partial charge in [-0.2, -0.15) is 0 Å². The van der Waals surface area contributed by atoms with Crippen LogP contribution in [0.3, 0.4) is 0 Å². The van der Waals surface area contributed by atoms with Crippen LogP contribution in [0.25, 0.3) is 5.57 Å². The van der Waals surface area contributed by atoms with E-state index in [1.807, 2.05) is 18.4 Å². The highest BCUT2D eigenvalue weighted by Crippen LogP contribution is 2.39. The highest BCUT2D eigenvalue weighted by molar-refractivity contribution is 5.87. The molecule has 108 valence electrons. The van der Waals surface area contributed by atoms with Crippen LogP contribution in [0.5, 0.6) is 5.75 Å². The standard InChI is InChI=1S/C19H21NO/c1-20(2)13-7-11-17-16-9-4-3-8-15(16)14-21-19-12-6-5-10-18(17)19/h3-6,9-12,14H,7-8,13H2,1-2H3/b17-11+. The summed E-state index contributed by atoms with van der Waals surface area (Å²) in [6, 6.07) is 8.28. The molecule has 3 rings (SSSR count). The van der Waals surface area contributed by atoms with E-state index in [9.17, 15) is 0 Å². The summed E-state index contributed by atoms with van der Waals surface area (Å²) < 4.78 is 5.89. The molecule has 0 saturated heterocycles. The maximum Gasteiger partial charge on any atom is 0.134 e. The molecule has 0 atom stereocenters. The lowest BCUT2D eigenvalue weighted by Gasteiger charge is -2.16. The molecule has 1 aromatic carbocycles. The predicted molar refractivity (Wildman–Crippen MR) is 88.1 cm³/mol. The van der Waals surface area contributed by atoms with Gasteiger partial charge in [0.25, 0.3) is 0 Å². The molecule has 1 aliphatic carbocycles. The van der Waals surface area contributed by atoms with Crippen LogP contribution in [0.15, 0.2) is 66.0 Å². The van der Waals surface area contributed by atoms with Crippen LogP contribution in [-0.4, -0.2) is 25.5 Å². The van der Waals surface area contributed by atoms with E-state index in [0.29, 0.717) is 0 Å². The maximum atomic E-state index is 5.89. The molecule has 1 aromatic rings. The first kappa shape index (κ1) is 13.9. The molecular formula is C19H21NO. The summed E-state index contributed by atoms with van der Waals surface area (Å²) in [6.45, 7) is 1.05. The number of ether oxygens (including phenoxy) is 1. The van der Waals surface area contributed by atoms with Gasteiger partial charge in [-0.25, -0.2) is 0 Å². The minimum absolute atomic E-state index is 0.935. The molecule has 2 nitrogen and oxygen atoms in total. The van der Waals surface area contributed by atoms with Crippen LogP contribution < -0.4 is 4.74 Å². The van der Waals surface area contributed by atoms with Crippen molar-refractivity contribution in [3.8, 4) is 5.75 Å². The Bertz CT molecular complexity index is 647. The molecule has 1 aliphatic heterocycles. The van der Waals surface area contributed by atoms with Crippen molar-refractivity contribution in [1.82, 2.24) is 4.90 Å². The van der Waals surface area contributed by atoms with Gasteiger partial charge < -0.3 is 9.64 Å². The fourth-order valence-corrected chi connectivity index (χ4v) is 2.71. The third-order valence-corrected chi connectivity index (χ3v) is 3.80. The third kappa shape index (κ3) is 3.01. The Morgan fingerprint density at radius 1 is 1.24 bits per heavy atom. The Balaban J connectivity index is 2.04. The first-order valence-electron chi connectivity index (χ1n) is 7.43. The Morgan fingerprint density at radius 2 is 2.10 bits per heavy atom. The maximum absolute atomic E-state index is 5.89. The highest BCUT2D eigenvalue weighted by atomic mass is 16.5. The van der Waals surface area contributed by atoms with Gasteiger partial charge in [0.15, 0.2) is 0 Å². The second-order valence-electron chi connectivity index (χ2n) is 5.68. The minimum atomic E-state index is 0.935. The number of rotatable bonds is 3. The van der Waals surface area contributed by atoms with E-state index in [-0.39, 0.29) is 0 Å². The van der Waals surface area contributed by atoms with Gasteiger partial charge in [0.1, 0.15) is 5.75 Å². The normalized spacial score (nSPS) is 18.5. The summed E-state index contributed by atoms with van der Waals surface area (Å²) in [6.07, 6.45) is 12.7. The van der Waals surface area contributed by atoms with Crippen LogP contribution in [0, 0.1) is 0 Å². The number of fused-ring (bicyclic) bond motifs is 2. The molecule has 2 aliphatic rings. The van der Waals surface area contributed by atoms with E-state index in [0.717, 1.165) is 25.1 Å². The lowest BCUT2D eigenvalue weighted by atomic mass is 9.88. The monoisotopic (exact) mass is 279 g/mol. The molecular weight excluding hydrogens is 258 g/mol. The number of para-hydroxylation sites is 1. The Morgan fingerprint density at radius 3 is 2.95 bits per heavy atom. The quantitative estimate of drug-likeness (QED) is 0.823. The lowest BCUT2D eigenvalue weighted by molar-refractivity contribution is 0.417. The van der Waals surface area contributed by atoms with E-state index >= 15 is 0 Å². The van der Waals surface area contributed by atoms with Crippen molar-refractivity contribution in [1.29, 1.82) is 0 Å². The van der Waals surface area contributed by atoms with Crippen molar-refractivity contribution in [2.45, 2.75) is 12.8 Å². The van der Waals surface area contributed by atoms with Crippen LogP contribution in [0.4, 0.5) is 0 Å². The van der Waals surface area contributed by atoms with Crippen molar-refractivity contribution in [3.63, 3.8) is 0 Å². The topological polar surface area (TPSA) is 12.5 Å². The van der Waals surface area contributed by atoms with Crippen LogP contribution in [0.2, 0.25) is 0 Å². The zero-order valence-electron chi connectivity index (χ0n) is 12.7. The molecule has 0 unspecified atom stereocenters. The van der Waals surface area contributed by atoms with Gasteiger partial charge in [-0.3, -0.25) is 0 Å². The summed E-state index contributed by atoms with van der Waals surface area (Å²) in [7, 11) is 4.22. The fraction of sp³-hybridized carbons (Fsp3) is 0.263. The smallest absolute Gasteiger partial charge is 0.134 e. The van der Waals surface area contributed by atoms with Crippen LogP contribution in [-0.2, 0) is 0 Å². The van der Waals surface area contributed by atoms with E-state index < -0.39 is 0 Å². The van der Waals surface area contributed by atoms with Gasteiger partial charge in [0.2, 0.25) is 0 Å². The van der Waals surface area contributed by atoms with E-state index in [1.165, 1.54) is 22.3 Å². The summed E-state index contributed by atoms with van der Waals surface area (Å²) in [5.74, 6) is 0.941. The molecule has 0 radical (unpaired) electrons. The largest absolute Gasteiger partial charge is 0.464 e. The van der Waals surface area contributed by atoms with E-state index in [2.05, 4.69) is 55.4 Å². The summed E-state index contributed by atoms with van der Waals surface area (Å²) in [5, 5.41) is 0. The SMILES string of the molecule is CN(C)CC/C=C1\C2=CC=CCC2=COc2ccccc21. The molecule has 0 aromatic heterocycles. The summed E-state index contributed by atoms with van der Waals surface area (Å²) in [5.41, 5.74) is 5.02. The van der Waals surface area contributed by atoms with Crippen molar-refractivity contribution in [3.05, 3.63) is 71.5 Å². The molecule has 2 heteroatoms. The highest BCUT2D eigenvalue weighted by Gasteiger charge is 2.20. The molecule has 0 fully saturated rings. The van der Waals surface area contributed by atoms with E-state index in [4.69, 9.17) is 4.74 Å². The molecule has 21 heavy (non-hydrogen) atoms. The zero-order chi connectivity index (χ0) is 14.7. The first-order chi connectivity index (χ1) is 10.3. The Kier molecular flexibility index (Phi) is 4.07. The van der Waals surface area contributed by atoms with Crippen LogP contribution in [0.1, 0.15) is 18.4 Å². The number of nitrogens with zero attached hydrogens (tertiary/aromatic N) is 1. The minimum Gasteiger partial charge on any atom is -0.464 e.